The van der Waals surface area contributed by atoms with E-state index >= 15 is 0 Å². The van der Waals surface area contributed by atoms with E-state index < -0.39 is 18.2 Å². The Kier molecular flexibility index (Phi) is 5.81. The van der Waals surface area contributed by atoms with Crippen LogP contribution in [-0.4, -0.2) is 37.0 Å². The molecule has 2 atom stereocenters. The second-order valence-electron chi connectivity index (χ2n) is 8.47. The zero-order valence-corrected chi connectivity index (χ0v) is 19.1. The number of urea groups is 1. The van der Waals surface area contributed by atoms with Crippen molar-refractivity contribution in [2.45, 2.75) is 38.8 Å². The van der Waals surface area contributed by atoms with Gasteiger partial charge in [-0.2, -0.15) is 5.10 Å². The molecule has 2 amide bonds. The number of para-hydroxylation sites is 1. The molecule has 4 aromatic rings. The van der Waals surface area contributed by atoms with Crippen LogP contribution in [0.25, 0.3) is 16.9 Å². The third-order valence-electron chi connectivity index (χ3n) is 6.18. The molecule has 2 aromatic heterocycles. The number of nitrogens with one attached hydrogen (secondary N) is 2. The first kappa shape index (κ1) is 21.8. The highest BCUT2D eigenvalue weighted by molar-refractivity contribution is 5.91. The lowest BCUT2D eigenvalue weighted by atomic mass is 9.86. The number of aryl methyl sites for hydroxylation is 2. The average molecular weight is 455 g/mol. The summed E-state index contributed by atoms with van der Waals surface area (Å²) >= 11 is 0. The van der Waals surface area contributed by atoms with Crippen LogP contribution in [0.15, 0.2) is 67.0 Å². The highest BCUT2D eigenvalue weighted by atomic mass is 16.3. The number of benzene rings is 2. The van der Waals surface area contributed by atoms with E-state index in [-0.39, 0.29) is 0 Å². The minimum absolute atomic E-state index is 0.410. The summed E-state index contributed by atoms with van der Waals surface area (Å²) in [5.74, 6) is 1.21. The van der Waals surface area contributed by atoms with Crippen molar-refractivity contribution >= 4 is 11.8 Å². The van der Waals surface area contributed by atoms with E-state index in [0.717, 1.165) is 34.4 Å². The fraction of sp³-hybridized carbons (Fsp3) is 0.231. The summed E-state index contributed by atoms with van der Waals surface area (Å²) in [6.45, 7) is 3.73. The summed E-state index contributed by atoms with van der Waals surface area (Å²) < 4.78 is 1.70. The largest absolute Gasteiger partial charge is 0.391 e. The molecular weight excluding hydrogens is 428 g/mol. The lowest BCUT2D eigenvalue weighted by molar-refractivity contribution is 0.114. The molecule has 172 valence electrons. The van der Waals surface area contributed by atoms with Crippen LogP contribution in [0.2, 0.25) is 0 Å². The van der Waals surface area contributed by atoms with Crippen LogP contribution < -0.4 is 10.6 Å². The van der Waals surface area contributed by atoms with Crippen molar-refractivity contribution in [1.29, 1.82) is 0 Å². The third kappa shape index (κ3) is 4.15. The van der Waals surface area contributed by atoms with Crippen LogP contribution in [-0.2, 0) is 6.42 Å². The number of aliphatic hydroxyl groups is 1. The molecule has 5 rings (SSSR count). The quantitative estimate of drug-likeness (QED) is 0.430. The van der Waals surface area contributed by atoms with Crippen LogP contribution in [0.1, 0.15) is 35.0 Å². The van der Waals surface area contributed by atoms with Crippen LogP contribution in [0.5, 0.6) is 0 Å². The van der Waals surface area contributed by atoms with Gasteiger partial charge in [-0.15, -0.1) is 0 Å². The Morgan fingerprint density at radius 3 is 2.50 bits per heavy atom. The number of amides is 2. The molecule has 0 saturated heterocycles. The Balaban J connectivity index is 1.48. The smallest absolute Gasteiger partial charge is 0.320 e. The van der Waals surface area contributed by atoms with E-state index in [1.165, 1.54) is 0 Å². The van der Waals surface area contributed by atoms with E-state index in [1.54, 1.807) is 17.1 Å². The molecule has 8 nitrogen and oxygen atoms in total. The van der Waals surface area contributed by atoms with Crippen molar-refractivity contribution in [3.63, 3.8) is 0 Å². The zero-order valence-electron chi connectivity index (χ0n) is 19.1. The van der Waals surface area contributed by atoms with Gasteiger partial charge in [0.25, 0.3) is 0 Å². The van der Waals surface area contributed by atoms with Crippen molar-refractivity contribution in [1.82, 2.24) is 25.1 Å². The number of carbonyl (C=O) groups excluding carboxylic acids is 1. The molecule has 3 N–H and O–H groups in total. The molecular formula is C26H26N6O2. The number of hydrogen-bond donors (Lipinski definition) is 3. The zero-order chi connectivity index (χ0) is 23.7. The normalized spacial score (nSPS) is 17.1. The summed E-state index contributed by atoms with van der Waals surface area (Å²) in [5.41, 5.74) is 5.13. The average Bonchev–Trinajstić information content (AvgIpc) is 3.18. The number of aromatic nitrogens is 4. The maximum Gasteiger partial charge on any atom is 0.320 e. The number of aliphatic hydroxyl groups excluding tert-OH is 1. The molecule has 1 aliphatic rings. The van der Waals surface area contributed by atoms with Gasteiger partial charge in [-0.3, -0.25) is 5.32 Å². The molecule has 8 heteroatoms. The first-order valence-electron chi connectivity index (χ1n) is 11.3. The van der Waals surface area contributed by atoms with Gasteiger partial charge < -0.3 is 10.4 Å². The van der Waals surface area contributed by atoms with Crippen molar-refractivity contribution < 1.29 is 9.90 Å². The van der Waals surface area contributed by atoms with Gasteiger partial charge in [-0.05, 0) is 49.9 Å². The first-order chi connectivity index (χ1) is 16.5. The third-order valence-corrected chi connectivity index (χ3v) is 6.18. The van der Waals surface area contributed by atoms with E-state index in [0.29, 0.717) is 23.8 Å². The topological polar surface area (TPSA) is 105 Å². The molecule has 0 spiro atoms. The van der Waals surface area contributed by atoms with Gasteiger partial charge in [0.1, 0.15) is 17.3 Å². The minimum atomic E-state index is -0.652. The summed E-state index contributed by atoms with van der Waals surface area (Å²) in [7, 11) is 0. The van der Waals surface area contributed by atoms with Crippen LogP contribution in [0.3, 0.4) is 0 Å². The number of anilines is 1. The van der Waals surface area contributed by atoms with Gasteiger partial charge in [0.2, 0.25) is 0 Å². The Hall–Kier alpha value is -4.04. The Morgan fingerprint density at radius 1 is 1.03 bits per heavy atom. The standard InChI is InChI=1S/C26H26N6O2/c1-16-23(19-14-27-17(2)28-15-19)31-32(20-9-4-3-5-10-20)25(16)30-26(34)29-24-21-11-7-6-8-18(21)12-13-22(24)33/h3-11,14-15,22,24,33H,12-13H2,1-2H3,(H2,29,30,34)/t22-,24?/m1/s1. The SMILES string of the molecule is Cc1ncc(-c2nn(-c3ccccc3)c(NC(=O)NC3c4ccccc4CC[C@H]3O)c2C)cn1. The minimum Gasteiger partial charge on any atom is -0.391 e. The number of carbonyl (C=O) groups is 1. The number of fused-ring (bicyclic) bond motifs is 1. The summed E-state index contributed by atoms with van der Waals surface area (Å²) in [6, 6.07) is 16.6. The lowest BCUT2D eigenvalue weighted by Crippen LogP contribution is -2.41. The van der Waals surface area contributed by atoms with E-state index in [2.05, 4.69) is 20.6 Å². The van der Waals surface area contributed by atoms with Crippen molar-refractivity contribution in [2.24, 2.45) is 0 Å². The highest BCUT2D eigenvalue weighted by Gasteiger charge is 2.30. The molecule has 1 aliphatic carbocycles. The first-order valence-corrected chi connectivity index (χ1v) is 11.3. The van der Waals surface area contributed by atoms with Gasteiger partial charge in [-0.25, -0.2) is 19.4 Å². The second-order valence-corrected chi connectivity index (χ2v) is 8.47. The molecule has 0 fully saturated rings. The maximum absolute atomic E-state index is 13.2. The number of nitrogens with zero attached hydrogens (tertiary/aromatic N) is 4. The monoisotopic (exact) mass is 454 g/mol. The second kappa shape index (κ2) is 9.07. The van der Waals surface area contributed by atoms with Gasteiger partial charge in [0.05, 0.1) is 17.8 Å². The molecule has 0 aliphatic heterocycles. The molecule has 34 heavy (non-hydrogen) atoms. The van der Waals surface area contributed by atoms with Gasteiger partial charge in [-0.1, -0.05) is 42.5 Å². The molecule has 1 unspecified atom stereocenters. The summed E-state index contributed by atoms with van der Waals surface area (Å²) in [6.07, 6.45) is 4.19. The Labute approximate surface area is 197 Å². The maximum atomic E-state index is 13.2. The molecule has 0 radical (unpaired) electrons. The van der Waals surface area contributed by atoms with E-state index in [1.807, 2.05) is 68.4 Å². The number of rotatable bonds is 4. The van der Waals surface area contributed by atoms with E-state index in [9.17, 15) is 9.90 Å². The summed E-state index contributed by atoms with van der Waals surface area (Å²) in [4.78, 5) is 21.7. The van der Waals surface area contributed by atoms with Crippen LogP contribution in [0.4, 0.5) is 10.6 Å². The number of hydrogen-bond acceptors (Lipinski definition) is 5. The predicted octanol–water partition coefficient (Wildman–Crippen LogP) is 4.12. The van der Waals surface area contributed by atoms with E-state index in [4.69, 9.17) is 5.10 Å². The van der Waals surface area contributed by atoms with Gasteiger partial charge in [0, 0.05) is 23.5 Å². The lowest BCUT2D eigenvalue weighted by Gasteiger charge is -2.31. The fourth-order valence-electron chi connectivity index (χ4n) is 4.39. The molecule has 2 aromatic carbocycles. The molecule has 0 saturated carbocycles. The Morgan fingerprint density at radius 2 is 1.74 bits per heavy atom. The van der Waals surface area contributed by atoms with Gasteiger partial charge in [0.15, 0.2) is 0 Å². The predicted molar refractivity (Wildman–Crippen MR) is 130 cm³/mol. The van der Waals surface area contributed by atoms with Crippen molar-refractivity contribution in [3.8, 4) is 16.9 Å². The Bertz CT molecular complexity index is 1320. The molecule has 2 heterocycles. The van der Waals surface area contributed by atoms with Crippen LogP contribution >= 0.6 is 0 Å². The molecule has 0 bridgehead atoms. The fourth-order valence-corrected chi connectivity index (χ4v) is 4.39. The summed E-state index contributed by atoms with van der Waals surface area (Å²) in [5, 5.41) is 21.3. The van der Waals surface area contributed by atoms with Crippen molar-refractivity contribution in [2.75, 3.05) is 5.32 Å². The highest BCUT2D eigenvalue weighted by Crippen LogP contribution is 2.32. The van der Waals surface area contributed by atoms with Crippen LogP contribution in [0, 0.1) is 13.8 Å². The van der Waals surface area contributed by atoms with Crippen molar-refractivity contribution in [3.05, 3.63) is 89.5 Å². The van der Waals surface area contributed by atoms with Gasteiger partial charge >= 0.3 is 6.03 Å².